The summed E-state index contributed by atoms with van der Waals surface area (Å²) in [5.41, 5.74) is 3.33. The summed E-state index contributed by atoms with van der Waals surface area (Å²) < 4.78 is 25.3. The molecule has 0 spiro atoms. The van der Waals surface area contributed by atoms with Crippen molar-refractivity contribution in [2.24, 2.45) is 0 Å². The summed E-state index contributed by atoms with van der Waals surface area (Å²) in [6.07, 6.45) is 0.974. The van der Waals surface area contributed by atoms with Gasteiger partial charge < -0.3 is 14.8 Å². The van der Waals surface area contributed by atoms with E-state index in [1.807, 2.05) is 26.0 Å². The van der Waals surface area contributed by atoms with Gasteiger partial charge in [-0.05, 0) is 56.2 Å². The summed E-state index contributed by atoms with van der Waals surface area (Å²) in [5.74, 6) is 0.810. The SMILES string of the molecule is C=C(Nc1cccc(F)c1COc1ccc(CC)cc1C)OCC. The zero-order valence-corrected chi connectivity index (χ0v) is 14.5. The van der Waals surface area contributed by atoms with E-state index in [1.54, 1.807) is 12.1 Å². The molecule has 3 nitrogen and oxygen atoms in total. The lowest BCUT2D eigenvalue weighted by atomic mass is 10.1. The monoisotopic (exact) mass is 329 g/mol. The Labute approximate surface area is 143 Å². The molecule has 2 aromatic rings. The zero-order chi connectivity index (χ0) is 17.5. The van der Waals surface area contributed by atoms with Gasteiger partial charge in [-0.1, -0.05) is 25.1 Å². The zero-order valence-electron chi connectivity index (χ0n) is 14.5. The molecule has 0 saturated carbocycles. The fraction of sp³-hybridized carbons (Fsp3) is 0.300. The Morgan fingerprint density at radius 3 is 2.67 bits per heavy atom. The van der Waals surface area contributed by atoms with Crippen LogP contribution in [-0.2, 0) is 17.8 Å². The molecule has 128 valence electrons. The minimum atomic E-state index is -0.327. The van der Waals surface area contributed by atoms with Crippen LogP contribution in [-0.4, -0.2) is 6.61 Å². The van der Waals surface area contributed by atoms with Gasteiger partial charge in [-0.2, -0.15) is 0 Å². The number of rotatable bonds is 8. The van der Waals surface area contributed by atoms with Crippen LogP contribution in [0.1, 0.15) is 30.5 Å². The van der Waals surface area contributed by atoms with Gasteiger partial charge in [-0.3, -0.25) is 0 Å². The number of halogens is 1. The molecule has 0 bridgehead atoms. The van der Waals surface area contributed by atoms with Crippen LogP contribution in [0.2, 0.25) is 0 Å². The lowest BCUT2D eigenvalue weighted by molar-refractivity contribution is 0.236. The second-order valence-electron chi connectivity index (χ2n) is 5.49. The lowest BCUT2D eigenvalue weighted by Gasteiger charge is -2.16. The summed E-state index contributed by atoms with van der Waals surface area (Å²) in [4.78, 5) is 0. The first-order chi connectivity index (χ1) is 11.5. The topological polar surface area (TPSA) is 30.5 Å². The van der Waals surface area contributed by atoms with Gasteiger partial charge in [0, 0.05) is 5.56 Å². The van der Waals surface area contributed by atoms with Crippen molar-refractivity contribution in [1.29, 1.82) is 0 Å². The van der Waals surface area contributed by atoms with Crippen molar-refractivity contribution < 1.29 is 13.9 Å². The molecule has 0 fully saturated rings. The van der Waals surface area contributed by atoms with E-state index in [-0.39, 0.29) is 12.4 Å². The van der Waals surface area contributed by atoms with Gasteiger partial charge in [0.1, 0.15) is 18.2 Å². The van der Waals surface area contributed by atoms with Crippen molar-refractivity contribution in [3.63, 3.8) is 0 Å². The second-order valence-corrected chi connectivity index (χ2v) is 5.49. The van der Waals surface area contributed by atoms with Crippen LogP contribution >= 0.6 is 0 Å². The molecule has 0 amide bonds. The van der Waals surface area contributed by atoms with Gasteiger partial charge in [0.25, 0.3) is 0 Å². The van der Waals surface area contributed by atoms with Crippen LogP contribution in [0.3, 0.4) is 0 Å². The van der Waals surface area contributed by atoms with E-state index in [0.717, 1.165) is 17.7 Å². The maximum absolute atomic E-state index is 14.2. The molecule has 0 aliphatic heterocycles. The molecule has 2 rings (SSSR count). The Bertz CT molecular complexity index is 713. The van der Waals surface area contributed by atoms with Crippen LogP contribution in [0.25, 0.3) is 0 Å². The van der Waals surface area contributed by atoms with Crippen molar-refractivity contribution in [2.75, 3.05) is 11.9 Å². The molecule has 0 aromatic heterocycles. The van der Waals surface area contributed by atoms with Crippen molar-refractivity contribution in [1.82, 2.24) is 0 Å². The summed E-state index contributed by atoms with van der Waals surface area (Å²) >= 11 is 0. The van der Waals surface area contributed by atoms with Gasteiger partial charge >= 0.3 is 0 Å². The van der Waals surface area contributed by atoms with Gasteiger partial charge in [0.2, 0.25) is 0 Å². The Balaban J connectivity index is 2.16. The first-order valence-electron chi connectivity index (χ1n) is 8.13. The number of hydrogen-bond donors (Lipinski definition) is 1. The number of hydrogen-bond acceptors (Lipinski definition) is 3. The quantitative estimate of drug-likeness (QED) is 0.676. The second kappa shape index (κ2) is 8.39. The Morgan fingerprint density at radius 1 is 1.21 bits per heavy atom. The molecule has 0 radical (unpaired) electrons. The summed E-state index contributed by atoms with van der Waals surface area (Å²) in [6, 6.07) is 10.9. The molecule has 0 unspecified atom stereocenters. The van der Waals surface area contributed by atoms with Crippen LogP contribution in [0.4, 0.5) is 10.1 Å². The van der Waals surface area contributed by atoms with Crippen molar-refractivity contribution in [3.8, 4) is 5.75 Å². The molecule has 0 aliphatic carbocycles. The van der Waals surface area contributed by atoms with E-state index < -0.39 is 0 Å². The van der Waals surface area contributed by atoms with Crippen molar-refractivity contribution in [2.45, 2.75) is 33.8 Å². The van der Waals surface area contributed by atoms with Crippen LogP contribution in [0.5, 0.6) is 5.75 Å². The van der Waals surface area contributed by atoms with Gasteiger partial charge in [0.15, 0.2) is 5.88 Å². The van der Waals surface area contributed by atoms with E-state index in [1.165, 1.54) is 11.6 Å². The molecule has 0 aliphatic rings. The van der Waals surface area contributed by atoms with E-state index >= 15 is 0 Å². The maximum atomic E-state index is 14.2. The minimum Gasteiger partial charge on any atom is -0.488 e. The van der Waals surface area contributed by atoms with Crippen LogP contribution in [0, 0.1) is 12.7 Å². The first kappa shape index (κ1) is 17.9. The first-order valence-corrected chi connectivity index (χ1v) is 8.13. The summed E-state index contributed by atoms with van der Waals surface area (Å²) in [5, 5.41) is 2.98. The number of anilines is 1. The number of ether oxygens (including phenoxy) is 2. The summed E-state index contributed by atoms with van der Waals surface area (Å²) in [7, 11) is 0. The molecule has 4 heteroatoms. The van der Waals surface area contributed by atoms with E-state index in [9.17, 15) is 4.39 Å². The Hall–Kier alpha value is -2.49. The summed E-state index contributed by atoms with van der Waals surface area (Å²) in [6.45, 7) is 10.4. The fourth-order valence-corrected chi connectivity index (χ4v) is 2.43. The fourth-order valence-electron chi connectivity index (χ4n) is 2.43. The minimum absolute atomic E-state index is 0.126. The third-order valence-corrected chi connectivity index (χ3v) is 3.73. The molecular formula is C20H24FNO2. The maximum Gasteiger partial charge on any atom is 0.183 e. The molecule has 24 heavy (non-hydrogen) atoms. The highest BCUT2D eigenvalue weighted by atomic mass is 19.1. The molecular weight excluding hydrogens is 305 g/mol. The molecule has 0 heterocycles. The van der Waals surface area contributed by atoms with E-state index in [0.29, 0.717) is 23.7 Å². The normalized spacial score (nSPS) is 10.3. The lowest BCUT2D eigenvalue weighted by Crippen LogP contribution is -2.08. The average molecular weight is 329 g/mol. The smallest absolute Gasteiger partial charge is 0.183 e. The molecule has 0 saturated heterocycles. The average Bonchev–Trinajstić information content (AvgIpc) is 2.55. The van der Waals surface area contributed by atoms with Crippen molar-refractivity contribution in [3.05, 3.63) is 71.4 Å². The van der Waals surface area contributed by atoms with E-state index in [4.69, 9.17) is 9.47 Å². The van der Waals surface area contributed by atoms with Crippen LogP contribution in [0.15, 0.2) is 48.9 Å². The van der Waals surface area contributed by atoms with Gasteiger partial charge in [0.05, 0.1) is 12.3 Å². The van der Waals surface area contributed by atoms with Crippen LogP contribution < -0.4 is 10.1 Å². The van der Waals surface area contributed by atoms with Gasteiger partial charge in [-0.15, -0.1) is 0 Å². The standard InChI is InChI=1S/C20H24FNO2/c1-5-16-10-11-20(14(3)12-16)24-13-17-18(21)8-7-9-19(17)22-15(4)23-6-2/h7-12,22H,4-6,13H2,1-3H3. The number of benzene rings is 2. The third kappa shape index (κ3) is 4.51. The highest BCUT2D eigenvalue weighted by molar-refractivity contribution is 5.54. The number of aryl methyl sites for hydroxylation is 2. The molecule has 1 N–H and O–H groups in total. The predicted molar refractivity (Wildman–Crippen MR) is 95.7 cm³/mol. The molecule has 0 atom stereocenters. The largest absolute Gasteiger partial charge is 0.488 e. The van der Waals surface area contributed by atoms with E-state index in [2.05, 4.69) is 24.9 Å². The highest BCUT2D eigenvalue weighted by Crippen LogP contribution is 2.25. The molecule has 2 aromatic carbocycles. The Kier molecular flexibility index (Phi) is 6.24. The Morgan fingerprint density at radius 2 is 2.00 bits per heavy atom. The number of nitrogens with one attached hydrogen (secondary N) is 1. The van der Waals surface area contributed by atoms with Crippen molar-refractivity contribution >= 4 is 5.69 Å². The highest BCUT2D eigenvalue weighted by Gasteiger charge is 2.11. The third-order valence-electron chi connectivity index (χ3n) is 3.73. The predicted octanol–water partition coefficient (Wildman–Crippen LogP) is 5.20. The van der Waals surface area contributed by atoms with Gasteiger partial charge in [-0.25, -0.2) is 4.39 Å².